The molecular formula is C13H10BBrClNO3. The lowest BCUT2D eigenvalue weighted by molar-refractivity contribution is 0.102. The number of amides is 1. The van der Waals surface area contributed by atoms with Crippen LogP contribution in [0, 0.1) is 0 Å². The van der Waals surface area contributed by atoms with Crippen molar-refractivity contribution in [2.24, 2.45) is 0 Å². The number of halogens is 2. The lowest BCUT2D eigenvalue weighted by Gasteiger charge is -2.08. The van der Waals surface area contributed by atoms with Crippen molar-refractivity contribution in [2.75, 3.05) is 5.32 Å². The van der Waals surface area contributed by atoms with Gasteiger partial charge in [0.25, 0.3) is 5.91 Å². The van der Waals surface area contributed by atoms with Crippen molar-refractivity contribution in [1.29, 1.82) is 0 Å². The maximum Gasteiger partial charge on any atom is 0.489 e. The number of carbonyl (C=O) groups is 1. The molecule has 0 aliphatic carbocycles. The molecule has 0 atom stereocenters. The van der Waals surface area contributed by atoms with Crippen LogP contribution in [-0.2, 0) is 0 Å². The molecule has 2 aromatic carbocycles. The molecule has 7 heteroatoms. The van der Waals surface area contributed by atoms with Crippen LogP contribution in [-0.4, -0.2) is 23.1 Å². The minimum absolute atomic E-state index is 0.128. The Morgan fingerprint density at radius 3 is 2.35 bits per heavy atom. The van der Waals surface area contributed by atoms with Crippen molar-refractivity contribution in [3.8, 4) is 0 Å². The van der Waals surface area contributed by atoms with Gasteiger partial charge in [0.05, 0.1) is 0 Å². The molecule has 0 saturated heterocycles. The van der Waals surface area contributed by atoms with Crippen molar-refractivity contribution in [3.63, 3.8) is 0 Å². The van der Waals surface area contributed by atoms with E-state index in [1.165, 1.54) is 18.2 Å². The lowest BCUT2D eigenvalue weighted by Crippen LogP contribution is -2.31. The SMILES string of the molecule is O=C(Nc1ccc(Br)cc1)c1ccc(B(O)O)c(Cl)c1. The highest BCUT2D eigenvalue weighted by Gasteiger charge is 2.17. The van der Waals surface area contributed by atoms with Crippen LogP contribution >= 0.6 is 27.5 Å². The molecule has 0 saturated carbocycles. The third kappa shape index (κ3) is 3.61. The molecular weight excluding hydrogens is 344 g/mol. The molecule has 1 amide bonds. The molecule has 0 unspecified atom stereocenters. The molecule has 102 valence electrons. The van der Waals surface area contributed by atoms with E-state index < -0.39 is 7.12 Å². The Hall–Kier alpha value is -1.34. The quantitative estimate of drug-likeness (QED) is 0.739. The van der Waals surface area contributed by atoms with E-state index in [4.69, 9.17) is 21.6 Å². The summed E-state index contributed by atoms with van der Waals surface area (Å²) in [4.78, 5) is 12.0. The molecule has 0 fully saturated rings. The summed E-state index contributed by atoms with van der Waals surface area (Å²) < 4.78 is 0.917. The zero-order valence-corrected chi connectivity index (χ0v) is 12.5. The van der Waals surface area contributed by atoms with Crippen molar-refractivity contribution in [3.05, 3.63) is 57.5 Å². The first-order valence-electron chi connectivity index (χ1n) is 5.70. The number of nitrogens with one attached hydrogen (secondary N) is 1. The number of anilines is 1. The first-order chi connectivity index (χ1) is 9.47. The van der Waals surface area contributed by atoms with Gasteiger partial charge in [0.2, 0.25) is 0 Å². The van der Waals surface area contributed by atoms with Gasteiger partial charge in [0.15, 0.2) is 0 Å². The summed E-state index contributed by atoms with van der Waals surface area (Å²) in [6.07, 6.45) is 0. The van der Waals surface area contributed by atoms with E-state index in [1.54, 1.807) is 12.1 Å². The molecule has 0 heterocycles. The number of rotatable bonds is 3. The molecule has 0 aliphatic heterocycles. The average molecular weight is 354 g/mol. The van der Waals surface area contributed by atoms with E-state index in [0.29, 0.717) is 11.3 Å². The second kappa shape index (κ2) is 6.41. The highest BCUT2D eigenvalue weighted by molar-refractivity contribution is 9.10. The average Bonchev–Trinajstić information content (AvgIpc) is 2.40. The van der Waals surface area contributed by atoms with Gasteiger partial charge in [-0.2, -0.15) is 0 Å². The van der Waals surface area contributed by atoms with Crippen molar-refractivity contribution in [1.82, 2.24) is 0 Å². The number of hydrogen-bond acceptors (Lipinski definition) is 3. The van der Waals surface area contributed by atoms with Crippen molar-refractivity contribution >= 4 is 51.7 Å². The molecule has 2 rings (SSSR count). The van der Waals surface area contributed by atoms with Crippen LogP contribution in [0.3, 0.4) is 0 Å². The van der Waals surface area contributed by atoms with Gasteiger partial charge in [-0.25, -0.2) is 0 Å². The Kier molecular flexibility index (Phi) is 4.83. The summed E-state index contributed by atoms with van der Waals surface area (Å²) in [7, 11) is -1.66. The van der Waals surface area contributed by atoms with Crippen LogP contribution in [0.4, 0.5) is 5.69 Å². The fourth-order valence-corrected chi connectivity index (χ4v) is 2.16. The summed E-state index contributed by atoms with van der Waals surface area (Å²) >= 11 is 9.20. The van der Waals surface area contributed by atoms with Crippen LogP contribution in [0.1, 0.15) is 10.4 Å². The van der Waals surface area contributed by atoms with Gasteiger partial charge in [-0.3, -0.25) is 4.79 Å². The van der Waals surface area contributed by atoms with Crippen LogP contribution in [0.2, 0.25) is 5.02 Å². The number of hydrogen-bond donors (Lipinski definition) is 3. The Balaban J connectivity index is 2.17. The van der Waals surface area contributed by atoms with E-state index in [0.717, 1.165) is 4.47 Å². The van der Waals surface area contributed by atoms with Crippen LogP contribution in [0.5, 0.6) is 0 Å². The standard InChI is InChI=1S/C13H10BBrClNO3/c15-9-2-4-10(5-3-9)17-13(18)8-1-6-11(14(19)20)12(16)7-8/h1-7,19-20H,(H,17,18). The second-order valence-electron chi connectivity index (χ2n) is 4.07. The summed E-state index contributed by atoms with van der Waals surface area (Å²) in [5.74, 6) is -0.326. The zero-order valence-electron chi connectivity index (χ0n) is 10.2. The maximum atomic E-state index is 12.0. The smallest absolute Gasteiger partial charge is 0.423 e. The Bertz CT molecular complexity index is 634. The fraction of sp³-hybridized carbons (Fsp3) is 0. The predicted molar refractivity (Wildman–Crippen MR) is 83.4 cm³/mol. The molecule has 2 aromatic rings. The molecule has 4 nitrogen and oxygen atoms in total. The topological polar surface area (TPSA) is 69.6 Å². The zero-order chi connectivity index (χ0) is 14.7. The van der Waals surface area contributed by atoms with Gasteiger partial charge in [0, 0.05) is 26.2 Å². The molecule has 0 spiro atoms. The molecule has 0 aromatic heterocycles. The minimum Gasteiger partial charge on any atom is -0.423 e. The molecule has 3 N–H and O–H groups in total. The molecule has 0 bridgehead atoms. The van der Waals surface area contributed by atoms with Gasteiger partial charge in [0.1, 0.15) is 0 Å². The Labute approximate surface area is 129 Å². The van der Waals surface area contributed by atoms with E-state index in [-0.39, 0.29) is 16.4 Å². The van der Waals surface area contributed by atoms with Gasteiger partial charge in [-0.1, -0.05) is 33.6 Å². The van der Waals surface area contributed by atoms with Crippen LogP contribution in [0.15, 0.2) is 46.9 Å². The monoisotopic (exact) mass is 353 g/mol. The first kappa shape index (κ1) is 15.1. The van der Waals surface area contributed by atoms with E-state index in [2.05, 4.69) is 21.2 Å². The van der Waals surface area contributed by atoms with E-state index in [1.807, 2.05) is 12.1 Å². The summed E-state index contributed by atoms with van der Waals surface area (Å²) in [6, 6.07) is 11.4. The van der Waals surface area contributed by atoms with Crippen molar-refractivity contribution in [2.45, 2.75) is 0 Å². The Morgan fingerprint density at radius 1 is 1.15 bits per heavy atom. The summed E-state index contributed by atoms with van der Waals surface area (Å²) in [5.41, 5.74) is 1.15. The van der Waals surface area contributed by atoms with Crippen molar-refractivity contribution < 1.29 is 14.8 Å². The normalized spacial score (nSPS) is 10.2. The highest BCUT2D eigenvalue weighted by Crippen LogP contribution is 2.16. The molecule has 0 aliphatic rings. The van der Waals surface area contributed by atoms with Crippen LogP contribution < -0.4 is 10.8 Å². The van der Waals surface area contributed by atoms with Gasteiger partial charge < -0.3 is 15.4 Å². The summed E-state index contributed by atoms with van der Waals surface area (Å²) in [5, 5.41) is 21.0. The second-order valence-corrected chi connectivity index (χ2v) is 5.39. The highest BCUT2D eigenvalue weighted by atomic mass is 79.9. The largest absolute Gasteiger partial charge is 0.489 e. The third-order valence-corrected chi connectivity index (χ3v) is 3.50. The number of carbonyl (C=O) groups excluding carboxylic acids is 1. The van der Waals surface area contributed by atoms with Gasteiger partial charge >= 0.3 is 7.12 Å². The molecule has 0 radical (unpaired) electrons. The van der Waals surface area contributed by atoms with Gasteiger partial charge in [-0.05, 0) is 36.4 Å². The fourth-order valence-electron chi connectivity index (χ4n) is 1.61. The van der Waals surface area contributed by atoms with Gasteiger partial charge in [-0.15, -0.1) is 0 Å². The molecule has 20 heavy (non-hydrogen) atoms. The summed E-state index contributed by atoms with van der Waals surface area (Å²) in [6.45, 7) is 0. The maximum absolute atomic E-state index is 12.0. The minimum atomic E-state index is -1.66. The Morgan fingerprint density at radius 2 is 1.80 bits per heavy atom. The predicted octanol–water partition coefficient (Wildman–Crippen LogP) is 2.03. The van der Waals surface area contributed by atoms with E-state index >= 15 is 0 Å². The third-order valence-electron chi connectivity index (χ3n) is 2.64. The van der Waals surface area contributed by atoms with Crippen LogP contribution in [0.25, 0.3) is 0 Å². The number of benzene rings is 2. The van der Waals surface area contributed by atoms with E-state index in [9.17, 15) is 4.79 Å². The lowest BCUT2D eigenvalue weighted by atomic mass is 9.80. The first-order valence-corrected chi connectivity index (χ1v) is 6.87.